The molecule has 150 valence electrons. The van der Waals surface area contributed by atoms with E-state index >= 15 is 0 Å². The number of carbonyl (C=O) groups excluding carboxylic acids is 1. The molecule has 3 aliphatic rings. The van der Waals surface area contributed by atoms with Crippen LogP contribution in [0.15, 0.2) is 12.3 Å². The van der Waals surface area contributed by atoms with Crippen LogP contribution in [0.2, 0.25) is 0 Å². The summed E-state index contributed by atoms with van der Waals surface area (Å²) in [5, 5.41) is 4.55. The minimum absolute atomic E-state index is 0.103. The van der Waals surface area contributed by atoms with Gasteiger partial charge in [-0.05, 0) is 20.5 Å². The molecule has 2 aromatic heterocycles. The molecule has 8 heteroatoms. The summed E-state index contributed by atoms with van der Waals surface area (Å²) >= 11 is 0. The summed E-state index contributed by atoms with van der Waals surface area (Å²) in [6, 6.07) is 1.98. The van der Waals surface area contributed by atoms with E-state index in [2.05, 4.69) is 33.9 Å². The van der Waals surface area contributed by atoms with Gasteiger partial charge in [0, 0.05) is 70.4 Å². The molecule has 0 spiro atoms. The van der Waals surface area contributed by atoms with E-state index in [4.69, 9.17) is 4.98 Å². The van der Waals surface area contributed by atoms with Gasteiger partial charge in [0.2, 0.25) is 5.91 Å². The molecule has 5 heterocycles. The van der Waals surface area contributed by atoms with Crippen molar-refractivity contribution in [1.29, 1.82) is 0 Å². The summed E-state index contributed by atoms with van der Waals surface area (Å²) in [4.78, 5) is 26.8. The van der Waals surface area contributed by atoms with E-state index in [9.17, 15) is 4.79 Å². The maximum absolute atomic E-state index is 12.9. The smallest absolute Gasteiger partial charge is 0.229 e. The molecule has 0 radical (unpaired) electrons. The Balaban J connectivity index is 1.37. The van der Waals surface area contributed by atoms with Crippen LogP contribution in [0.1, 0.15) is 11.3 Å². The number of fused-ring (bicyclic) bond motifs is 2. The first-order chi connectivity index (χ1) is 13.6. The first-order valence-electron chi connectivity index (χ1n) is 10.4. The number of hydrogen-bond donors (Lipinski definition) is 0. The Hall–Kier alpha value is -2.19. The lowest BCUT2D eigenvalue weighted by atomic mass is 9.96. The Morgan fingerprint density at radius 2 is 1.71 bits per heavy atom. The summed E-state index contributed by atoms with van der Waals surface area (Å²) < 4.78 is 1.97. The second-order valence-electron chi connectivity index (χ2n) is 8.50. The largest absolute Gasteiger partial charge is 0.354 e. The molecule has 0 bridgehead atoms. The molecular formula is C20H29N7O. The van der Waals surface area contributed by atoms with Crippen LogP contribution in [0.5, 0.6) is 0 Å². The van der Waals surface area contributed by atoms with Gasteiger partial charge in [-0.1, -0.05) is 0 Å². The van der Waals surface area contributed by atoms with Gasteiger partial charge >= 0.3 is 0 Å². The molecule has 0 aliphatic carbocycles. The molecule has 5 rings (SSSR count). The molecule has 0 atom stereocenters. The monoisotopic (exact) mass is 383 g/mol. The van der Waals surface area contributed by atoms with Gasteiger partial charge in [0.25, 0.3) is 0 Å². The molecule has 2 fully saturated rings. The van der Waals surface area contributed by atoms with Crippen LogP contribution in [0, 0.1) is 5.92 Å². The SMILES string of the molecule is CN1CCc2nc3ccnn3c(N3CC(C(=O)N4CCN(C)CC4)C3)c2CC1. The lowest BCUT2D eigenvalue weighted by Gasteiger charge is -2.44. The fraction of sp³-hybridized carbons (Fsp3) is 0.650. The molecule has 1 amide bonds. The fourth-order valence-corrected chi connectivity index (χ4v) is 4.60. The molecule has 0 N–H and O–H groups in total. The quantitative estimate of drug-likeness (QED) is 0.726. The second-order valence-corrected chi connectivity index (χ2v) is 8.50. The molecule has 0 aromatic carbocycles. The lowest BCUT2D eigenvalue weighted by Crippen LogP contribution is -2.58. The van der Waals surface area contributed by atoms with Crippen molar-refractivity contribution in [3.05, 3.63) is 23.5 Å². The van der Waals surface area contributed by atoms with E-state index in [1.54, 1.807) is 0 Å². The molecular weight excluding hydrogens is 354 g/mol. The van der Waals surface area contributed by atoms with Gasteiger partial charge < -0.3 is 19.6 Å². The number of nitrogens with zero attached hydrogens (tertiary/aromatic N) is 7. The Morgan fingerprint density at radius 1 is 1.00 bits per heavy atom. The number of carbonyl (C=O) groups is 1. The van der Waals surface area contributed by atoms with Crippen LogP contribution >= 0.6 is 0 Å². The summed E-state index contributed by atoms with van der Waals surface area (Å²) in [5.74, 6) is 1.58. The van der Waals surface area contributed by atoms with Crippen LogP contribution in [-0.4, -0.2) is 102 Å². The Bertz CT molecular complexity index is 880. The zero-order chi connectivity index (χ0) is 19.3. The third-order valence-electron chi connectivity index (χ3n) is 6.51. The topological polar surface area (TPSA) is 60.2 Å². The maximum Gasteiger partial charge on any atom is 0.229 e. The third-order valence-corrected chi connectivity index (χ3v) is 6.51. The maximum atomic E-state index is 12.9. The normalized spacial score (nSPS) is 22.2. The average molecular weight is 384 g/mol. The number of likely N-dealkylation sites (N-methyl/N-ethyl adjacent to an activating group) is 2. The van der Waals surface area contributed by atoms with Crippen molar-refractivity contribution in [3.63, 3.8) is 0 Å². The van der Waals surface area contributed by atoms with Crippen LogP contribution in [0.25, 0.3) is 5.65 Å². The van der Waals surface area contributed by atoms with E-state index in [1.165, 1.54) is 11.3 Å². The van der Waals surface area contributed by atoms with Crippen molar-refractivity contribution >= 4 is 17.4 Å². The van der Waals surface area contributed by atoms with E-state index in [-0.39, 0.29) is 5.92 Å². The van der Waals surface area contributed by atoms with Gasteiger partial charge in [0.05, 0.1) is 17.8 Å². The van der Waals surface area contributed by atoms with Crippen molar-refractivity contribution in [2.75, 3.05) is 71.4 Å². The van der Waals surface area contributed by atoms with Crippen LogP contribution in [0.3, 0.4) is 0 Å². The van der Waals surface area contributed by atoms with Crippen molar-refractivity contribution in [2.45, 2.75) is 12.8 Å². The highest BCUT2D eigenvalue weighted by Gasteiger charge is 2.38. The van der Waals surface area contributed by atoms with Crippen LogP contribution in [0.4, 0.5) is 5.82 Å². The number of hydrogen-bond acceptors (Lipinski definition) is 6. The van der Waals surface area contributed by atoms with E-state index in [0.29, 0.717) is 5.91 Å². The predicted octanol–water partition coefficient (Wildman–Crippen LogP) is -0.0301. The molecule has 3 aliphatic heterocycles. The first kappa shape index (κ1) is 17.9. The number of amides is 1. The van der Waals surface area contributed by atoms with Gasteiger partial charge in [-0.25, -0.2) is 4.98 Å². The van der Waals surface area contributed by atoms with Gasteiger partial charge in [0.15, 0.2) is 5.65 Å². The van der Waals surface area contributed by atoms with Crippen molar-refractivity contribution in [1.82, 2.24) is 29.3 Å². The Morgan fingerprint density at radius 3 is 2.50 bits per heavy atom. The third kappa shape index (κ3) is 3.04. The lowest BCUT2D eigenvalue weighted by molar-refractivity contribution is -0.137. The molecule has 8 nitrogen and oxygen atoms in total. The van der Waals surface area contributed by atoms with Crippen molar-refractivity contribution < 1.29 is 4.79 Å². The summed E-state index contributed by atoms with van der Waals surface area (Å²) in [7, 11) is 4.29. The fourth-order valence-electron chi connectivity index (χ4n) is 4.60. The Kier molecular flexibility index (Phi) is 4.47. The number of aromatic nitrogens is 3. The van der Waals surface area contributed by atoms with E-state index in [1.807, 2.05) is 21.7 Å². The molecule has 2 saturated heterocycles. The van der Waals surface area contributed by atoms with Gasteiger partial charge in [-0.2, -0.15) is 9.61 Å². The Labute approximate surface area is 165 Å². The van der Waals surface area contributed by atoms with Gasteiger partial charge in [-0.15, -0.1) is 0 Å². The van der Waals surface area contributed by atoms with Crippen LogP contribution < -0.4 is 4.90 Å². The standard InChI is InChI=1S/C20H29N7O/c1-23-7-4-16-17(5-8-23)22-18-3-6-21-27(18)19(16)26-13-15(14-26)20(28)25-11-9-24(2)10-12-25/h3,6,15H,4-5,7-14H2,1-2H3. The summed E-state index contributed by atoms with van der Waals surface area (Å²) in [6.45, 7) is 7.29. The summed E-state index contributed by atoms with van der Waals surface area (Å²) in [6.07, 6.45) is 3.78. The van der Waals surface area contributed by atoms with Gasteiger partial charge in [-0.3, -0.25) is 4.79 Å². The highest BCUT2D eigenvalue weighted by molar-refractivity contribution is 5.82. The van der Waals surface area contributed by atoms with E-state index < -0.39 is 0 Å². The van der Waals surface area contributed by atoms with Crippen molar-refractivity contribution in [2.24, 2.45) is 5.92 Å². The number of rotatable bonds is 2. The van der Waals surface area contributed by atoms with Gasteiger partial charge in [0.1, 0.15) is 5.82 Å². The molecule has 2 aromatic rings. The minimum atomic E-state index is 0.103. The number of anilines is 1. The van der Waals surface area contributed by atoms with Crippen molar-refractivity contribution in [3.8, 4) is 0 Å². The van der Waals surface area contributed by atoms with Crippen LogP contribution in [-0.2, 0) is 17.6 Å². The minimum Gasteiger partial charge on any atom is -0.354 e. The predicted molar refractivity (Wildman–Crippen MR) is 108 cm³/mol. The molecule has 28 heavy (non-hydrogen) atoms. The highest BCUT2D eigenvalue weighted by Crippen LogP contribution is 2.32. The zero-order valence-electron chi connectivity index (χ0n) is 16.8. The first-order valence-corrected chi connectivity index (χ1v) is 10.4. The molecule has 0 saturated carbocycles. The highest BCUT2D eigenvalue weighted by atomic mass is 16.2. The average Bonchev–Trinajstić information content (AvgIpc) is 3.04. The van der Waals surface area contributed by atoms with E-state index in [0.717, 1.165) is 76.7 Å². The summed E-state index contributed by atoms with van der Waals surface area (Å²) in [5.41, 5.74) is 3.42. The second kappa shape index (κ2) is 7.00. The number of piperazine rings is 1. The zero-order valence-corrected chi connectivity index (χ0v) is 16.8. The molecule has 0 unspecified atom stereocenters.